The van der Waals surface area contributed by atoms with E-state index in [1.165, 1.54) is 24.3 Å². The fourth-order valence-corrected chi connectivity index (χ4v) is 3.34. The summed E-state index contributed by atoms with van der Waals surface area (Å²) < 4.78 is 5.20. The van der Waals surface area contributed by atoms with E-state index in [2.05, 4.69) is 13.8 Å². The van der Waals surface area contributed by atoms with Gasteiger partial charge in [0.2, 0.25) is 0 Å². The minimum absolute atomic E-state index is 0.0351. The molecule has 0 spiro atoms. The molecule has 7 heteroatoms. The van der Waals surface area contributed by atoms with Crippen molar-refractivity contribution in [3.05, 3.63) is 69.8 Å². The SMILES string of the molecule is CCC(N)(CC)CCCN(Cc1ccc(OC)cc1)C(=O)c1ccc([N+](=O)[O-])cc1. The molecule has 0 heterocycles. The van der Waals surface area contributed by atoms with Crippen molar-refractivity contribution in [2.45, 2.75) is 51.6 Å². The summed E-state index contributed by atoms with van der Waals surface area (Å²) >= 11 is 0. The number of carbonyl (C=O) groups excluding carboxylic acids is 1. The maximum atomic E-state index is 13.1. The molecule has 0 aliphatic rings. The van der Waals surface area contributed by atoms with Crippen molar-refractivity contribution in [1.29, 1.82) is 0 Å². The Kier molecular flexibility index (Phi) is 8.35. The van der Waals surface area contributed by atoms with Crippen LogP contribution >= 0.6 is 0 Å². The summed E-state index contributed by atoms with van der Waals surface area (Å²) in [6.45, 7) is 5.16. The molecule has 30 heavy (non-hydrogen) atoms. The van der Waals surface area contributed by atoms with Gasteiger partial charge >= 0.3 is 0 Å². The lowest BCUT2D eigenvalue weighted by molar-refractivity contribution is -0.384. The fourth-order valence-electron chi connectivity index (χ4n) is 3.34. The molecular weight excluding hydrogens is 382 g/mol. The summed E-state index contributed by atoms with van der Waals surface area (Å²) in [6, 6.07) is 13.3. The summed E-state index contributed by atoms with van der Waals surface area (Å²) in [7, 11) is 1.61. The lowest BCUT2D eigenvalue weighted by atomic mass is 9.89. The van der Waals surface area contributed by atoms with Crippen molar-refractivity contribution in [2.24, 2.45) is 5.73 Å². The number of nitrogens with two attached hydrogens (primary N) is 1. The Hall–Kier alpha value is -2.93. The van der Waals surface area contributed by atoms with Crippen LogP contribution < -0.4 is 10.5 Å². The number of amides is 1. The predicted octanol–water partition coefficient (Wildman–Crippen LogP) is 4.54. The monoisotopic (exact) mass is 413 g/mol. The molecule has 2 aromatic rings. The number of carbonyl (C=O) groups is 1. The van der Waals surface area contributed by atoms with Crippen molar-refractivity contribution in [1.82, 2.24) is 4.90 Å². The number of hydrogen-bond acceptors (Lipinski definition) is 5. The number of methoxy groups -OCH3 is 1. The molecule has 0 aliphatic heterocycles. The number of ether oxygens (including phenoxy) is 1. The molecule has 2 aromatic carbocycles. The highest BCUT2D eigenvalue weighted by atomic mass is 16.6. The molecule has 1 amide bonds. The van der Waals surface area contributed by atoms with E-state index in [1.54, 1.807) is 12.0 Å². The number of benzene rings is 2. The van der Waals surface area contributed by atoms with Crippen molar-refractivity contribution in [3.8, 4) is 5.75 Å². The Morgan fingerprint density at radius 2 is 1.70 bits per heavy atom. The van der Waals surface area contributed by atoms with Crippen LogP contribution in [0.4, 0.5) is 5.69 Å². The van der Waals surface area contributed by atoms with Gasteiger partial charge in [-0.1, -0.05) is 26.0 Å². The predicted molar refractivity (Wildman–Crippen MR) is 118 cm³/mol. The fraction of sp³-hybridized carbons (Fsp3) is 0.435. The van der Waals surface area contributed by atoms with Crippen LogP contribution in [0.3, 0.4) is 0 Å². The van der Waals surface area contributed by atoms with Crippen LogP contribution in [-0.4, -0.2) is 34.9 Å². The van der Waals surface area contributed by atoms with Gasteiger partial charge in [-0.25, -0.2) is 0 Å². The van der Waals surface area contributed by atoms with Crippen LogP contribution in [0.5, 0.6) is 5.75 Å². The minimum atomic E-state index is -0.473. The molecule has 0 aliphatic carbocycles. The summed E-state index contributed by atoms with van der Waals surface area (Å²) in [5.41, 5.74) is 7.58. The molecule has 162 valence electrons. The van der Waals surface area contributed by atoms with Crippen LogP contribution in [0.15, 0.2) is 48.5 Å². The standard InChI is InChI=1S/C23H31N3O4/c1-4-23(24,5-2)15-6-16-25(17-18-7-13-21(30-3)14-8-18)22(27)19-9-11-20(12-10-19)26(28)29/h7-14H,4-6,15-17,24H2,1-3H3. The third-order valence-corrected chi connectivity index (χ3v) is 5.66. The first kappa shape index (κ1) is 23.3. The van der Waals surface area contributed by atoms with Gasteiger partial charge in [-0.05, 0) is 55.5 Å². The number of nitro benzene ring substituents is 1. The highest BCUT2D eigenvalue weighted by molar-refractivity contribution is 5.94. The van der Waals surface area contributed by atoms with Gasteiger partial charge in [-0.3, -0.25) is 14.9 Å². The molecule has 0 radical (unpaired) electrons. The van der Waals surface area contributed by atoms with E-state index >= 15 is 0 Å². The average Bonchev–Trinajstić information content (AvgIpc) is 2.78. The van der Waals surface area contributed by atoms with E-state index in [4.69, 9.17) is 10.5 Å². The zero-order valence-electron chi connectivity index (χ0n) is 18.0. The minimum Gasteiger partial charge on any atom is -0.497 e. The number of nitro groups is 1. The molecule has 0 bridgehead atoms. The highest BCUT2D eigenvalue weighted by Crippen LogP contribution is 2.21. The Balaban J connectivity index is 2.17. The lowest BCUT2D eigenvalue weighted by Crippen LogP contribution is -2.39. The van der Waals surface area contributed by atoms with E-state index in [-0.39, 0.29) is 17.1 Å². The van der Waals surface area contributed by atoms with Gasteiger partial charge in [0, 0.05) is 36.3 Å². The van der Waals surface area contributed by atoms with Crippen LogP contribution in [0, 0.1) is 10.1 Å². The maximum absolute atomic E-state index is 13.1. The van der Waals surface area contributed by atoms with Gasteiger partial charge in [-0.2, -0.15) is 0 Å². The Morgan fingerprint density at radius 1 is 1.10 bits per heavy atom. The largest absolute Gasteiger partial charge is 0.497 e. The third-order valence-electron chi connectivity index (χ3n) is 5.66. The van der Waals surface area contributed by atoms with Crippen molar-refractivity contribution in [3.63, 3.8) is 0 Å². The maximum Gasteiger partial charge on any atom is 0.269 e. The molecule has 0 aromatic heterocycles. The Morgan fingerprint density at radius 3 is 2.20 bits per heavy atom. The third kappa shape index (κ3) is 6.29. The van der Waals surface area contributed by atoms with Crippen LogP contribution in [0.25, 0.3) is 0 Å². The van der Waals surface area contributed by atoms with Crippen molar-refractivity contribution < 1.29 is 14.5 Å². The molecule has 0 saturated heterocycles. The van der Waals surface area contributed by atoms with Gasteiger partial charge in [0.15, 0.2) is 0 Å². The van der Waals surface area contributed by atoms with Crippen LogP contribution in [0.2, 0.25) is 0 Å². The van der Waals surface area contributed by atoms with Gasteiger partial charge in [0.25, 0.3) is 11.6 Å². The second kappa shape index (κ2) is 10.7. The molecule has 2 rings (SSSR count). The van der Waals surface area contributed by atoms with E-state index in [1.807, 2.05) is 24.3 Å². The Bertz CT molecular complexity index is 831. The first-order valence-corrected chi connectivity index (χ1v) is 10.3. The normalized spacial score (nSPS) is 11.2. The molecule has 2 N–H and O–H groups in total. The number of nitrogens with zero attached hydrogens (tertiary/aromatic N) is 2. The summed E-state index contributed by atoms with van der Waals surface area (Å²) in [6.07, 6.45) is 3.39. The molecule has 0 atom stereocenters. The quantitative estimate of drug-likeness (QED) is 0.431. The Labute approximate surface area is 178 Å². The molecule has 7 nitrogen and oxygen atoms in total. The smallest absolute Gasteiger partial charge is 0.269 e. The van der Waals surface area contributed by atoms with Gasteiger partial charge < -0.3 is 15.4 Å². The summed E-state index contributed by atoms with van der Waals surface area (Å²) in [4.78, 5) is 25.3. The van der Waals surface area contributed by atoms with Crippen LogP contribution in [0.1, 0.15) is 55.5 Å². The first-order valence-electron chi connectivity index (χ1n) is 10.3. The molecular formula is C23H31N3O4. The zero-order valence-corrected chi connectivity index (χ0v) is 18.0. The van der Waals surface area contributed by atoms with E-state index in [0.717, 1.165) is 37.0 Å². The second-order valence-corrected chi connectivity index (χ2v) is 7.55. The van der Waals surface area contributed by atoms with E-state index < -0.39 is 4.92 Å². The number of rotatable bonds is 11. The molecule has 0 fully saturated rings. The molecule has 0 unspecified atom stereocenters. The zero-order chi connectivity index (χ0) is 22.1. The average molecular weight is 414 g/mol. The molecule has 0 saturated carbocycles. The first-order chi connectivity index (χ1) is 14.3. The second-order valence-electron chi connectivity index (χ2n) is 7.55. The van der Waals surface area contributed by atoms with Crippen molar-refractivity contribution in [2.75, 3.05) is 13.7 Å². The number of hydrogen-bond donors (Lipinski definition) is 1. The van der Waals surface area contributed by atoms with Crippen LogP contribution in [-0.2, 0) is 6.54 Å². The van der Waals surface area contributed by atoms with Gasteiger partial charge in [0.05, 0.1) is 12.0 Å². The summed E-state index contributed by atoms with van der Waals surface area (Å²) in [5, 5.41) is 10.9. The highest BCUT2D eigenvalue weighted by Gasteiger charge is 2.22. The number of non-ortho nitro benzene ring substituents is 1. The van der Waals surface area contributed by atoms with E-state index in [0.29, 0.717) is 18.7 Å². The topological polar surface area (TPSA) is 98.7 Å². The van der Waals surface area contributed by atoms with E-state index in [9.17, 15) is 14.9 Å². The summed E-state index contributed by atoms with van der Waals surface area (Å²) in [5.74, 6) is 0.599. The van der Waals surface area contributed by atoms with Gasteiger partial charge in [-0.15, -0.1) is 0 Å². The lowest BCUT2D eigenvalue weighted by Gasteiger charge is -2.29. The van der Waals surface area contributed by atoms with Crippen molar-refractivity contribution >= 4 is 11.6 Å². The van der Waals surface area contributed by atoms with Gasteiger partial charge in [0.1, 0.15) is 5.75 Å².